The highest BCUT2D eigenvalue weighted by Gasteiger charge is 2.25. The van der Waals surface area contributed by atoms with Crippen LogP contribution in [0.1, 0.15) is 19.8 Å². The van der Waals surface area contributed by atoms with E-state index in [1.807, 2.05) is 0 Å². The quantitative estimate of drug-likeness (QED) is 0.554. The first-order chi connectivity index (χ1) is 4.33. The lowest BCUT2D eigenvalue weighted by atomic mass is 10.7. The Labute approximate surface area is 54.4 Å². The average Bonchev–Trinajstić information content (AvgIpc) is 2.50. The van der Waals surface area contributed by atoms with Gasteiger partial charge >= 0.3 is 6.09 Å². The molecule has 0 aromatic rings. The molecule has 0 atom stereocenters. The average molecular weight is 128 g/mol. The summed E-state index contributed by atoms with van der Waals surface area (Å²) >= 11 is 0. The molecule has 0 heterocycles. The van der Waals surface area contributed by atoms with E-state index in [0.717, 1.165) is 12.8 Å². The highest BCUT2D eigenvalue weighted by Crippen LogP contribution is 2.19. The molecule has 0 bridgehead atoms. The molecule has 0 aromatic heterocycles. The minimum Gasteiger partial charge on any atom is -0.448 e. The second kappa shape index (κ2) is 2.71. The fourth-order valence-corrected chi connectivity index (χ4v) is 0.513. The maximum Gasteiger partial charge on any atom is 0.429 e. The Bertz CT molecular complexity index is 110. The Morgan fingerprint density at radius 2 is 2.44 bits per heavy atom. The number of rotatable bonds is 2. The van der Waals surface area contributed by atoms with Crippen LogP contribution in [0.4, 0.5) is 4.79 Å². The van der Waals surface area contributed by atoms with Gasteiger partial charge in [-0.05, 0) is 19.8 Å². The Morgan fingerprint density at radius 3 is 2.89 bits per heavy atom. The fraction of sp³-hybridized carbons (Fsp3) is 0.833. The Morgan fingerprint density at radius 1 is 1.78 bits per heavy atom. The molecular formula is C6H10NO2. The van der Waals surface area contributed by atoms with Gasteiger partial charge in [-0.2, -0.15) is 0 Å². The van der Waals surface area contributed by atoms with Crippen LogP contribution in [0.15, 0.2) is 0 Å². The van der Waals surface area contributed by atoms with Crippen molar-refractivity contribution in [2.24, 2.45) is 0 Å². The number of carbonyl (C=O) groups is 1. The molecule has 1 aliphatic carbocycles. The van der Waals surface area contributed by atoms with Crippen LogP contribution >= 0.6 is 0 Å². The molecule has 1 amide bonds. The van der Waals surface area contributed by atoms with E-state index < -0.39 is 6.09 Å². The Kier molecular flexibility index (Phi) is 1.92. The van der Waals surface area contributed by atoms with Gasteiger partial charge in [-0.1, -0.05) is 0 Å². The van der Waals surface area contributed by atoms with Gasteiger partial charge in [-0.3, -0.25) is 0 Å². The summed E-state index contributed by atoms with van der Waals surface area (Å²) in [6, 6.07) is 0.282. The summed E-state index contributed by atoms with van der Waals surface area (Å²) in [6.07, 6.45) is 1.71. The second-order valence-electron chi connectivity index (χ2n) is 2.06. The van der Waals surface area contributed by atoms with Crippen molar-refractivity contribution in [1.29, 1.82) is 0 Å². The summed E-state index contributed by atoms with van der Waals surface area (Å²) in [5.74, 6) is 0. The molecule has 0 saturated heterocycles. The first kappa shape index (κ1) is 6.39. The van der Waals surface area contributed by atoms with E-state index in [0.29, 0.717) is 6.61 Å². The number of ether oxygens (including phenoxy) is 1. The highest BCUT2D eigenvalue weighted by molar-refractivity contribution is 5.67. The topological polar surface area (TPSA) is 40.4 Å². The van der Waals surface area contributed by atoms with Crippen LogP contribution < -0.4 is 5.32 Å². The van der Waals surface area contributed by atoms with Crippen molar-refractivity contribution in [2.45, 2.75) is 25.8 Å². The van der Waals surface area contributed by atoms with Gasteiger partial charge in [0.05, 0.1) is 12.6 Å². The normalized spacial score (nSPS) is 17.0. The van der Waals surface area contributed by atoms with E-state index in [4.69, 9.17) is 0 Å². The van der Waals surface area contributed by atoms with Gasteiger partial charge in [0, 0.05) is 0 Å². The molecule has 3 nitrogen and oxygen atoms in total. The summed E-state index contributed by atoms with van der Waals surface area (Å²) in [7, 11) is 0. The van der Waals surface area contributed by atoms with E-state index in [9.17, 15) is 4.79 Å². The lowest BCUT2D eigenvalue weighted by Gasteiger charge is -1.97. The third kappa shape index (κ3) is 2.35. The maximum absolute atomic E-state index is 10.5. The largest absolute Gasteiger partial charge is 0.448 e. The first-order valence-electron chi connectivity index (χ1n) is 3.20. The van der Waals surface area contributed by atoms with Crippen molar-refractivity contribution < 1.29 is 9.53 Å². The number of hydrogen-bond acceptors (Lipinski definition) is 2. The molecule has 51 valence electrons. The van der Waals surface area contributed by atoms with Crippen LogP contribution in [-0.2, 0) is 4.74 Å². The number of hydrogen-bond donors (Lipinski definition) is 0. The maximum atomic E-state index is 10.5. The van der Waals surface area contributed by atoms with Crippen LogP contribution in [0.25, 0.3) is 0 Å². The number of nitrogens with zero attached hydrogens (tertiary/aromatic N) is 1. The molecule has 0 N–H and O–H groups in total. The summed E-state index contributed by atoms with van der Waals surface area (Å²) in [6.45, 7) is 2.20. The number of carbonyl (C=O) groups excluding carboxylic acids is 1. The molecule has 0 unspecified atom stereocenters. The monoisotopic (exact) mass is 128 g/mol. The molecule has 3 heteroatoms. The van der Waals surface area contributed by atoms with Crippen LogP contribution in [-0.4, -0.2) is 18.7 Å². The summed E-state index contributed by atoms with van der Waals surface area (Å²) in [4.78, 5) is 10.5. The lowest BCUT2D eigenvalue weighted by Crippen LogP contribution is -2.18. The van der Waals surface area contributed by atoms with Gasteiger partial charge < -0.3 is 4.74 Å². The van der Waals surface area contributed by atoms with E-state index in [-0.39, 0.29) is 6.04 Å². The zero-order valence-corrected chi connectivity index (χ0v) is 5.46. The molecular weight excluding hydrogens is 118 g/mol. The molecule has 0 aliphatic heterocycles. The molecule has 1 fully saturated rings. The zero-order chi connectivity index (χ0) is 6.69. The standard InChI is InChI=1S/C6H10NO2/c1-2-9-6(8)7-5-3-4-5/h5H,2-4H2,1H3. The van der Waals surface area contributed by atoms with Crippen molar-refractivity contribution in [3.63, 3.8) is 0 Å². The molecule has 1 saturated carbocycles. The minimum atomic E-state index is -0.403. The minimum absolute atomic E-state index is 0.282. The van der Waals surface area contributed by atoms with Gasteiger partial charge in [0.15, 0.2) is 0 Å². The molecule has 0 spiro atoms. The highest BCUT2D eigenvalue weighted by atomic mass is 16.5. The van der Waals surface area contributed by atoms with Crippen LogP contribution in [0.5, 0.6) is 0 Å². The summed E-state index contributed by atoms with van der Waals surface area (Å²) in [5.41, 5.74) is 0. The Balaban J connectivity index is 2.02. The first-order valence-corrected chi connectivity index (χ1v) is 3.20. The van der Waals surface area contributed by atoms with E-state index in [1.165, 1.54) is 0 Å². The van der Waals surface area contributed by atoms with Crippen LogP contribution in [0.2, 0.25) is 0 Å². The molecule has 1 radical (unpaired) electrons. The van der Waals surface area contributed by atoms with Crippen molar-refractivity contribution in [3.05, 3.63) is 0 Å². The second-order valence-corrected chi connectivity index (χ2v) is 2.06. The predicted molar refractivity (Wildman–Crippen MR) is 32.2 cm³/mol. The van der Waals surface area contributed by atoms with Crippen molar-refractivity contribution >= 4 is 6.09 Å². The van der Waals surface area contributed by atoms with Gasteiger partial charge in [-0.25, -0.2) is 10.1 Å². The van der Waals surface area contributed by atoms with Gasteiger partial charge in [0.25, 0.3) is 0 Å². The molecule has 1 rings (SSSR count). The van der Waals surface area contributed by atoms with Crippen LogP contribution in [0, 0.1) is 0 Å². The number of amides is 1. The lowest BCUT2D eigenvalue weighted by molar-refractivity contribution is 0.150. The van der Waals surface area contributed by atoms with Gasteiger partial charge in [0.2, 0.25) is 0 Å². The molecule has 1 aliphatic rings. The zero-order valence-electron chi connectivity index (χ0n) is 5.46. The SMILES string of the molecule is CCOC(=O)[N]C1CC1. The molecule has 9 heavy (non-hydrogen) atoms. The van der Waals surface area contributed by atoms with Crippen molar-refractivity contribution in [1.82, 2.24) is 5.32 Å². The Hall–Kier alpha value is -0.730. The van der Waals surface area contributed by atoms with E-state index in [2.05, 4.69) is 10.1 Å². The third-order valence-electron chi connectivity index (χ3n) is 1.10. The smallest absolute Gasteiger partial charge is 0.429 e. The van der Waals surface area contributed by atoms with Crippen molar-refractivity contribution in [2.75, 3.05) is 6.61 Å². The van der Waals surface area contributed by atoms with Crippen LogP contribution in [0.3, 0.4) is 0 Å². The molecule has 0 aromatic carbocycles. The summed E-state index contributed by atoms with van der Waals surface area (Å²) in [5, 5.41) is 3.72. The van der Waals surface area contributed by atoms with Gasteiger partial charge in [-0.15, -0.1) is 0 Å². The van der Waals surface area contributed by atoms with Gasteiger partial charge in [0.1, 0.15) is 0 Å². The third-order valence-corrected chi connectivity index (χ3v) is 1.10. The summed E-state index contributed by atoms with van der Waals surface area (Å²) < 4.78 is 4.59. The predicted octanol–water partition coefficient (Wildman–Crippen LogP) is 0.910. The van der Waals surface area contributed by atoms with E-state index >= 15 is 0 Å². The van der Waals surface area contributed by atoms with Crippen molar-refractivity contribution in [3.8, 4) is 0 Å². The fourth-order valence-electron chi connectivity index (χ4n) is 0.513. The van der Waals surface area contributed by atoms with E-state index in [1.54, 1.807) is 6.92 Å².